The molecular formula is C21H35N3O. The fraction of sp³-hybridized carbons (Fsp3) is 0.667. The van der Waals surface area contributed by atoms with Crippen LogP contribution in [0, 0.1) is 0 Å². The van der Waals surface area contributed by atoms with Gasteiger partial charge in [-0.05, 0) is 31.4 Å². The van der Waals surface area contributed by atoms with E-state index in [0.717, 1.165) is 32.7 Å². The molecule has 0 radical (unpaired) electrons. The van der Waals surface area contributed by atoms with Gasteiger partial charge >= 0.3 is 0 Å². The largest absolute Gasteiger partial charge is 0.354 e. The van der Waals surface area contributed by atoms with Gasteiger partial charge in [-0.1, -0.05) is 51.1 Å². The number of hydrogen-bond acceptors (Lipinski definition) is 3. The van der Waals surface area contributed by atoms with Gasteiger partial charge in [0, 0.05) is 44.7 Å². The first-order valence-corrected chi connectivity index (χ1v) is 9.54. The van der Waals surface area contributed by atoms with Crippen LogP contribution in [0.25, 0.3) is 0 Å². The fourth-order valence-corrected chi connectivity index (χ4v) is 3.55. The minimum absolute atomic E-state index is 0.00756. The summed E-state index contributed by atoms with van der Waals surface area (Å²) in [6, 6.07) is 10.3. The summed E-state index contributed by atoms with van der Waals surface area (Å²) in [5.74, 6) is 0.133. The molecule has 4 nitrogen and oxygen atoms in total. The van der Waals surface area contributed by atoms with E-state index in [1.165, 1.54) is 5.56 Å². The molecule has 25 heavy (non-hydrogen) atoms. The van der Waals surface area contributed by atoms with Crippen LogP contribution in [-0.2, 0) is 10.2 Å². The third-order valence-corrected chi connectivity index (χ3v) is 5.55. The second kappa shape index (κ2) is 8.33. The predicted molar refractivity (Wildman–Crippen MR) is 105 cm³/mol. The van der Waals surface area contributed by atoms with Crippen molar-refractivity contribution in [3.05, 3.63) is 35.9 Å². The first-order chi connectivity index (χ1) is 11.7. The number of likely N-dealkylation sites (N-methyl/N-ethyl adjacent to an activating group) is 1. The second-order valence-corrected chi connectivity index (χ2v) is 8.44. The smallest absolute Gasteiger partial charge is 0.220 e. The van der Waals surface area contributed by atoms with Gasteiger partial charge in [-0.15, -0.1) is 0 Å². The van der Waals surface area contributed by atoms with Crippen molar-refractivity contribution in [2.45, 2.75) is 52.0 Å². The van der Waals surface area contributed by atoms with Crippen LogP contribution in [0.3, 0.4) is 0 Å². The number of rotatable bonds is 7. The van der Waals surface area contributed by atoms with Gasteiger partial charge in [0.15, 0.2) is 0 Å². The highest BCUT2D eigenvalue weighted by molar-refractivity contribution is 5.77. The van der Waals surface area contributed by atoms with Crippen molar-refractivity contribution in [2.75, 3.05) is 39.3 Å². The van der Waals surface area contributed by atoms with Crippen molar-refractivity contribution in [1.82, 2.24) is 15.1 Å². The summed E-state index contributed by atoms with van der Waals surface area (Å²) in [6.07, 6.45) is 0.511. The molecule has 0 bridgehead atoms. The van der Waals surface area contributed by atoms with Crippen molar-refractivity contribution in [2.24, 2.45) is 0 Å². The van der Waals surface area contributed by atoms with E-state index in [1.807, 2.05) is 18.2 Å². The number of benzene rings is 1. The van der Waals surface area contributed by atoms with Gasteiger partial charge in [0.1, 0.15) is 0 Å². The molecule has 1 aliphatic heterocycles. The zero-order chi connectivity index (χ0) is 18.5. The lowest BCUT2D eigenvalue weighted by Gasteiger charge is -2.44. The van der Waals surface area contributed by atoms with Gasteiger partial charge in [-0.25, -0.2) is 0 Å². The SMILES string of the molecule is CCN1CCN(C(C)(C)CNC(=O)CC(C)(C)c2ccccc2)CC1. The van der Waals surface area contributed by atoms with Gasteiger partial charge in [0.05, 0.1) is 0 Å². The molecule has 1 amide bonds. The normalized spacial score (nSPS) is 17.5. The van der Waals surface area contributed by atoms with Crippen molar-refractivity contribution < 1.29 is 4.79 Å². The lowest BCUT2D eigenvalue weighted by molar-refractivity contribution is -0.122. The van der Waals surface area contributed by atoms with E-state index in [-0.39, 0.29) is 16.9 Å². The lowest BCUT2D eigenvalue weighted by atomic mass is 9.81. The molecule has 1 fully saturated rings. The molecular weight excluding hydrogens is 310 g/mol. The molecule has 0 aromatic heterocycles. The summed E-state index contributed by atoms with van der Waals surface area (Å²) < 4.78 is 0. The van der Waals surface area contributed by atoms with E-state index in [0.29, 0.717) is 13.0 Å². The maximum Gasteiger partial charge on any atom is 0.220 e. The number of carbonyl (C=O) groups excluding carboxylic acids is 1. The highest BCUT2D eigenvalue weighted by Crippen LogP contribution is 2.26. The first-order valence-electron chi connectivity index (χ1n) is 9.54. The molecule has 1 aromatic rings. The summed E-state index contributed by atoms with van der Waals surface area (Å²) in [5, 5.41) is 3.18. The Morgan fingerprint density at radius 2 is 1.64 bits per heavy atom. The second-order valence-electron chi connectivity index (χ2n) is 8.44. The Morgan fingerprint density at radius 3 is 2.20 bits per heavy atom. The fourth-order valence-electron chi connectivity index (χ4n) is 3.55. The van der Waals surface area contributed by atoms with Crippen molar-refractivity contribution >= 4 is 5.91 Å². The van der Waals surface area contributed by atoms with E-state index in [4.69, 9.17) is 0 Å². The molecule has 1 N–H and O–H groups in total. The zero-order valence-corrected chi connectivity index (χ0v) is 16.6. The third kappa shape index (κ3) is 5.55. The van der Waals surface area contributed by atoms with E-state index >= 15 is 0 Å². The molecule has 0 atom stereocenters. The van der Waals surface area contributed by atoms with Crippen LogP contribution in [0.15, 0.2) is 30.3 Å². The highest BCUT2D eigenvalue weighted by Gasteiger charge is 2.31. The third-order valence-electron chi connectivity index (χ3n) is 5.55. The number of nitrogens with zero attached hydrogens (tertiary/aromatic N) is 2. The molecule has 4 heteroatoms. The molecule has 0 unspecified atom stereocenters. The Labute approximate surface area is 153 Å². The Balaban J connectivity index is 1.84. The van der Waals surface area contributed by atoms with Crippen LogP contribution in [0.5, 0.6) is 0 Å². The van der Waals surface area contributed by atoms with Crippen molar-refractivity contribution in [1.29, 1.82) is 0 Å². The van der Waals surface area contributed by atoms with Gasteiger partial charge in [0.2, 0.25) is 5.91 Å². The summed E-state index contributed by atoms with van der Waals surface area (Å²) in [5.41, 5.74) is 1.05. The molecule has 2 rings (SSSR count). The van der Waals surface area contributed by atoms with Crippen LogP contribution < -0.4 is 5.32 Å². The maximum atomic E-state index is 12.5. The van der Waals surface area contributed by atoms with Crippen molar-refractivity contribution in [3.8, 4) is 0 Å². The van der Waals surface area contributed by atoms with E-state index in [2.05, 4.69) is 61.9 Å². The van der Waals surface area contributed by atoms with E-state index in [1.54, 1.807) is 0 Å². The van der Waals surface area contributed by atoms with E-state index < -0.39 is 0 Å². The van der Waals surface area contributed by atoms with Crippen LogP contribution in [0.1, 0.15) is 46.6 Å². The lowest BCUT2D eigenvalue weighted by Crippen LogP contribution is -2.58. The highest BCUT2D eigenvalue weighted by atomic mass is 16.1. The average Bonchev–Trinajstić information content (AvgIpc) is 2.60. The molecule has 0 saturated carbocycles. The minimum Gasteiger partial charge on any atom is -0.354 e. The van der Waals surface area contributed by atoms with Crippen molar-refractivity contribution in [3.63, 3.8) is 0 Å². The predicted octanol–water partition coefficient (Wildman–Crippen LogP) is 2.89. The van der Waals surface area contributed by atoms with Crippen LogP contribution >= 0.6 is 0 Å². The standard InChI is InChI=1S/C21H35N3O/c1-6-23-12-14-24(15-13-23)21(4,5)17-22-19(25)16-20(2,3)18-10-8-7-9-11-18/h7-11H,6,12-17H2,1-5H3,(H,22,25). The quantitative estimate of drug-likeness (QED) is 0.825. The van der Waals surface area contributed by atoms with E-state index in [9.17, 15) is 4.79 Å². The van der Waals surface area contributed by atoms with Gasteiger partial charge in [-0.3, -0.25) is 9.69 Å². The number of amides is 1. The number of piperazine rings is 1. The average molecular weight is 346 g/mol. The summed E-state index contributed by atoms with van der Waals surface area (Å²) in [6.45, 7) is 17.2. The van der Waals surface area contributed by atoms with Gasteiger partial charge in [0.25, 0.3) is 0 Å². The van der Waals surface area contributed by atoms with Crippen LogP contribution in [-0.4, -0.2) is 60.5 Å². The summed E-state index contributed by atoms with van der Waals surface area (Å²) in [4.78, 5) is 17.5. The monoisotopic (exact) mass is 345 g/mol. The Hall–Kier alpha value is -1.39. The molecule has 0 aliphatic carbocycles. The Morgan fingerprint density at radius 1 is 1.04 bits per heavy atom. The maximum absolute atomic E-state index is 12.5. The Bertz CT molecular complexity index is 546. The number of nitrogens with one attached hydrogen (secondary N) is 1. The van der Waals surface area contributed by atoms with Gasteiger partial charge in [-0.2, -0.15) is 0 Å². The van der Waals surface area contributed by atoms with Crippen LogP contribution in [0.2, 0.25) is 0 Å². The van der Waals surface area contributed by atoms with Crippen LogP contribution in [0.4, 0.5) is 0 Å². The molecule has 1 aliphatic rings. The van der Waals surface area contributed by atoms with Gasteiger partial charge < -0.3 is 10.2 Å². The molecule has 140 valence electrons. The summed E-state index contributed by atoms with van der Waals surface area (Å²) >= 11 is 0. The number of hydrogen-bond donors (Lipinski definition) is 1. The molecule has 1 saturated heterocycles. The summed E-state index contributed by atoms with van der Waals surface area (Å²) in [7, 11) is 0. The molecule has 0 spiro atoms. The first kappa shape index (κ1) is 19.9. The zero-order valence-electron chi connectivity index (χ0n) is 16.6. The topological polar surface area (TPSA) is 35.6 Å². The number of carbonyl (C=O) groups is 1. The molecule has 1 aromatic carbocycles. The minimum atomic E-state index is -0.151. The molecule has 1 heterocycles. The Kier molecular flexibility index (Phi) is 6.64.